The van der Waals surface area contributed by atoms with Crippen LogP contribution in [0.1, 0.15) is 0 Å². The zero-order valence-electron chi connectivity index (χ0n) is 21.4. The number of fused-ring (bicyclic) bond motifs is 1. The summed E-state index contributed by atoms with van der Waals surface area (Å²) < 4.78 is 27.3. The van der Waals surface area contributed by atoms with E-state index in [0.29, 0.717) is 0 Å². The lowest BCUT2D eigenvalue weighted by molar-refractivity contribution is -0.277. The number of rotatable bonds is 6. The molecule has 0 radical (unpaired) electrons. The van der Waals surface area contributed by atoms with Gasteiger partial charge in [-0.05, 0) is 24.3 Å². The molecule has 16 heteroatoms. The van der Waals surface area contributed by atoms with E-state index in [1.807, 2.05) is 0 Å². The van der Waals surface area contributed by atoms with E-state index in [4.69, 9.17) is 23.4 Å². The fourth-order valence-electron chi connectivity index (χ4n) is 4.58. The van der Waals surface area contributed by atoms with E-state index in [1.165, 1.54) is 24.3 Å². The van der Waals surface area contributed by atoms with E-state index in [0.717, 1.165) is 6.07 Å². The molecule has 0 unspecified atom stereocenters. The Morgan fingerprint density at radius 3 is 2.10 bits per heavy atom. The Bertz CT molecular complexity index is 1490. The Morgan fingerprint density at radius 2 is 1.43 bits per heavy atom. The molecule has 10 N–H and O–H groups in total. The minimum absolute atomic E-state index is 0.0830. The fraction of sp³-hybridized carbons (Fsp3) is 0.423. The number of aliphatic hydroxyl groups excluding tert-OH is 7. The molecule has 228 valence electrons. The molecule has 2 aliphatic rings. The summed E-state index contributed by atoms with van der Waals surface area (Å²) in [5.74, 6) is -4.00. The van der Waals surface area contributed by atoms with Gasteiger partial charge in [0.2, 0.25) is 29.8 Å². The van der Waals surface area contributed by atoms with E-state index in [-0.39, 0.29) is 17.1 Å². The average Bonchev–Trinajstić information content (AvgIpc) is 2.97. The molecule has 0 saturated carbocycles. The number of hydrogen-bond acceptors (Lipinski definition) is 16. The number of benzene rings is 2. The van der Waals surface area contributed by atoms with Crippen LogP contribution in [0.15, 0.2) is 39.5 Å². The van der Waals surface area contributed by atoms with Crippen LogP contribution in [0.5, 0.6) is 28.7 Å². The highest BCUT2D eigenvalue weighted by Crippen LogP contribution is 2.51. The lowest BCUT2D eigenvalue weighted by Gasteiger charge is -2.39. The summed E-state index contributed by atoms with van der Waals surface area (Å²) in [5, 5.41) is 102. The van der Waals surface area contributed by atoms with Crippen molar-refractivity contribution < 1.29 is 74.4 Å². The minimum Gasteiger partial charge on any atom is -0.508 e. The van der Waals surface area contributed by atoms with Gasteiger partial charge in [-0.25, -0.2) is 0 Å². The lowest BCUT2D eigenvalue weighted by Crippen LogP contribution is -2.60. The van der Waals surface area contributed by atoms with Gasteiger partial charge in [0, 0.05) is 11.6 Å². The molecule has 0 spiro atoms. The number of aliphatic hydroxyl groups is 7. The summed E-state index contributed by atoms with van der Waals surface area (Å²) in [4.78, 5) is 13.3. The molecule has 2 aromatic carbocycles. The van der Waals surface area contributed by atoms with Gasteiger partial charge in [-0.2, -0.15) is 0 Å². The molecular weight excluding hydrogens is 568 g/mol. The van der Waals surface area contributed by atoms with Crippen LogP contribution in [0.25, 0.3) is 22.3 Å². The quantitative estimate of drug-likeness (QED) is 0.142. The molecule has 2 saturated heterocycles. The Balaban J connectivity index is 1.66. The van der Waals surface area contributed by atoms with Crippen molar-refractivity contribution in [2.45, 2.75) is 55.3 Å². The first-order chi connectivity index (χ1) is 19.9. The van der Waals surface area contributed by atoms with E-state index in [2.05, 4.69) is 0 Å². The fourth-order valence-corrected chi connectivity index (χ4v) is 4.58. The van der Waals surface area contributed by atoms with Crippen molar-refractivity contribution >= 4 is 11.0 Å². The van der Waals surface area contributed by atoms with E-state index in [1.54, 1.807) is 0 Å². The molecule has 1 aromatic heterocycles. The lowest BCUT2D eigenvalue weighted by atomic mass is 9.99. The number of ether oxygens (including phenoxy) is 4. The van der Waals surface area contributed by atoms with E-state index >= 15 is 0 Å². The molecule has 5 rings (SSSR count). The van der Waals surface area contributed by atoms with Gasteiger partial charge in [0.15, 0.2) is 16.8 Å². The molecule has 42 heavy (non-hydrogen) atoms. The standard InChI is InChI=1S/C26H28O16/c27-6-13-16(32)18(34)20(36)26(40-13)41-23-17(33)14-10(29)5-12(8-1-3-9(28)4-2-8)39-22(14)24(21(23)37)42-25-19(35)15(31)11(30)7-38-25/h1-5,11,13,15-16,18-20,25-28,30-37H,6-7H2/t11-,13-,15+,16-,18-,19-,20+,25+,26+/m1/s1. The zero-order valence-corrected chi connectivity index (χ0v) is 21.4. The van der Waals surface area contributed by atoms with Crippen molar-refractivity contribution in [3.05, 3.63) is 40.6 Å². The third kappa shape index (κ3) is 5.19. The molecule has 9 atom stereocenters. The third-order valence-electron chi connectivity index (χ3n) is 6.96. The smallest absolute Gasteiger partial charge is 0.229 e. The van der Waals surface area contributed by atoms with E-state index < -0.39 is 108 Å². The maximum absolute atomic E-state index is 13.3. The Hall–Kier alpha value is -3.71. The molecule has 0 bridgehead atoms. The maximum Gasteiger partial charge on any atom is 0.229 e. The number of aromatic hydroxyl groups is 3. The highest BCUT2D eigenvalue weighted by atomic mass is 16.7. The summed E-state index contributed by atoms with van der Waals surface area (Å²) >= 11 is 0. The highest BCUT2D eigenvalue weighted by Gasteiger charge is 2.46. The van der Waals surface area contributed by atoms with Gasteiger partial charge in [0.25, 0.3) is 0 Å². The van der Waals surface area contributed by atoms with Gasteiger partial charge in [0.05, 0.1) is 13.2 Å². The summed E-state index contributed by atoms with van der Waals surface area (Å²) in [6.07, 6.45) is -15.8. The second-order valence-electron chi connectivity index (χ2n) is 9.76. The van der Waals surface area contributed by atoms with Crippen molar-refractivity contribution in [3.8, 4) is 40.1 Å². The topological polar surface area (TPSA) is 269 Å². The van der Waals surface area contributed by atoms with Crippen molar-refractivity contribution in [2.24, 2.45) is 0 Å². The van der Waals surface area contributed by atoms with Crippen LogP contribution < -0.4 is 14.9 Å². The van der Waals surface area contributed by atoms with Gasteiger partial charge in [-0.1, -0.05) is 0 Å². The SMILES string of the molecule is O=c1cc(-c2ccc(O)cc2)oc2c(O[C@@H]3OC[C@@H](O)[C@H](O)[C@H]3O)c(O)c(O[C@@H]3O[C@H](CO)[C@@H](O)[C@@H](O)[C@@H]3O)c(O)c12. The van der Waals surface area contributed by atoms with Crippen molar-refractivity contribution in [3.63, 3.8) is 0 Å². The zero-order chi connectivity index (χ0) is 30.5. The number of phenols is 3. The molecule has 2 fully saturated rings. The predicted molar refractivity (Wildman–Crippen MR) is 136 cm³/mol. The Morgan fingerprint density at radius 1 is 0.786 bits per heavy atom. The summed E-state index contributed by atoms with van der Waals surface area (Å²) in [6, 6.07) is 6.40. The summed E-state index contributed by atoms with van der Waals surface area (Å²) in [7, 11) is 0. The van der Waals surface area contributed by atoms with Crippen LogP contribution >= 0.6 is 0 Å². The summed E-state index contributed by atoms with van der Waals surface area (Å²) in [6.45, 7) is -1.32. The van der Waals surface area contributed by atoms with Crippen molar-refractivity contribution in [1.29, 1.82) is 0 Å². The van der Waals surface area contributed by atoms with Crippen LogP contribution in [-0.2, 0) is 9.47 Å². The molecule has 16 nitrogen and oxygen atoms in total. The molecule has 3 heterocycles. The molecule has 2 aliphatic heterocycles. The van der Waals surface area contributed by atoms with Gasteiger partial charge in [-0.15, -0.1) is 0 Å². The maximum atomic E-state index is 13.3. The van der Waals surface area contributed by atoms with Crippen LogP contribution in [-0.4, -0.2) is 120 Å². The summed E-state index contributed by atoms with van der Waals surface area (Å²) in [5.41, 5.74) is -1.20. The third-order valence-corrected chi connectivity index (χ3v) is 6.96. The van der Waals surface area contributed by atoms with E-state index in [9.17, 15) is 55.9 Å². The van der Waals surface area contributed by atoms with Crippen molar-refractivity contribution in [1.82, 2.24) is 0 Å². The van der Waals surface area contributed by atoms with Crippen LogP contribution in [0.3, 0.4) is 0 Å². The largest absolute Gasteiger partial charge is 0.508 e. The van der Waals surface area contributed by atoms with Crippen LogP contribution in [0.2, 0.25) is 0 Å². The van der Waals surface area contributed by atoms with Gasteiger partial charge < -0.3 is 74.4 Å². The van der Waals surface area contributed by atoms with Gasteiger partial charge >= 0.3 is 0 Å². The monoisotopic (exact) mass is 596 g/mol. The predicted octanol–water partition coefficient (Wildman–Crippen LogP) is -2.43. The highest BCUT2D eigenvalue weighted by molar-refractivity contribution is 5.95. The first kappa shape index (κ1) is 29.8. The number of phenolic OH excluding ortho intramolecular Hbond substituents is 3. The molecular formula is C26H28O16. The second-order valence-corrected chi connectivity index (χ2v) is 9.76. The molecule has 3 aromatic rings. The second kappa shape index (κ2) is 11.5. The molecule has 0 aliphatic carbocycles. The number of hydrogen-bond donors (Lipinski definition) is 10. The first-order valence-electron chi connectivity index (χ1n) is 12.6. The van der Waals surface area contributed by atoms with Crippen LogP contribution in [0, 0.1) is 0 Å². The molecule has 0 amide bonds. The Kier molecular flexibility index (Phi) is 8.17. The van der Waals surface area contributed by atoms with Gasteiger partial charge in [0.1, 0.15) is 59.6 Å². The van der Waals surface area contributed by atoms with Crippen LogP contribution in [0.4, 0.5) is 0 Å². The minimum atomic E-state index is -1.98. The van der Waals surface area contributed by atoms with Gasteiger partial charge in [-0.3, -0.25) is 4.79 Å². The average molecular weight is 596 g/mol. The normalized spacial score (nSPS) is 31.6. The van der Waals surface area contributed by atoms with Crippen molar-refractivity contribution in [2.75, 3.05) is 13.2 Å². The first-order valence-corrected chi connectivity index (χ1v) is 12.6. The Labute approximate surface area is 235 Å².